The van der Waals surface area contributed by atoms with Crippen molar-refractivity contribution < 1.29 is 9.53 Å². The fourth-order valence-corrected chi connectivity index (χ4v) is 3.01. The number of aromatic nitrogens is 1. The molecule has 0 saturated carbocycles. The maximum atomic E-state index is 12.4. The van der Waals surface area contributed by atoms with Gasteiger partial charge >= 0.3 is 5.97 Å². The molecule has 3 rings (SSSR count). The molecule has 0 bridgehead atoms. The van der Waals surface area contributed by atoms with Gasteiger partial charge in [0.2, 0.25) is 0 Å². The number of hydrogen-bond donors (Lipinski definition) is 1. The van der Waals surface area contributed by atoms with E-state index in [0.717, 1.165) is 10.2 Å². The van der Waals surface area contributed by atoms with Crippen LogP contribution in [0.25, 0.3) is 10.9 Å². The van der Waals surface area contributed by atoms with Crippen LogP contribution in [0, 0.1) is 0 Å². The Hall–Kier alpha value is -2.11. The fourth-order valence-electron chi connectivity index (χ4n) is 2.33. The Labute approximate surface area is 152 Å². The molecule has 0 saturated heterocycles. The second-order valence-electron chi connectivity index (χ2n) is 5.02. The summed E-state index contributed by atoms with van der Waals surface area (Å²) in [5, 5.41) is 4.16. The molecule has 0 unspecified atom stereocenters. The van der Waals surface area contributed by atoms with Crippen LogP contribution in [0.1, 0.15) is 17.3 Å². The average Bonchev–Trinajstić information content (AvgIpc) is 2.57. The predicted molar refractivity (Wildman–Crippen MR) is 100 cm³/mol. The molecule has 24 heavy (non-hydrogen) atoms. The molecule has 0 spiro atoms. The summed E-state index contributed by atoms with van der Waals surface area (Å²) in [6, 6.07) is 15.0. The lowest BCUT2D eigenvalue weighted by molar-refractivity contribution is 0.0527. The van der Waals surface area contributed by atoms with E-state index in [9.17, 15) is 4.79 Å². The zero-order chi connectivity index (χ0) is 17.1. The lowest BCUT2D eigenvalue weighted by Crippen LogP contribution is -2.11. The molecule has 1 heterocycles. The predicted octanol–water partition coefficient (Wildman–Crippen LogP) is 5.57. The number of benzene rings is 2. The molecule has 1 N–H and O–H groups in total. The minimum atomic E-state index is -0.504. The number of pyridine rings is 1. The first-order chi connectivity index (χ1) is 11.6. The molecule has 3 aromatic rings. The lowest BCUT2D eigenvalue weighted by Gasteiger charge is -2.14. The van der Waals surface area contributed by atoms with E-state index in [1.807, 2.05) is 48.5 Å². The Kier molecular flexibility index (Phi) is 5.02. The number of carbonyl (C=O) groups is 1. The molecular formula is C18H14BrClN2O2. The number of fused-ring (bicyclic) bond motifs is 1. The van der Waals surface area contributed by atoms with E-state index in [0.29, 0.717) is 21.7 Å². The normalized spacial score (nSPS) is 10.6. The van der Waals surface area contributed by atoms with Gasteiger partial charge in [-0.25, -0.2) is 9.78 Å². The number of nitrogens with zero attached hydrogens (tertiary/aromatic N) is 1. The van der Waals surface area contributed by atoms with Gasteiger partial charge in [0.1, 0.15) is 11.4 Å². The third kappa shape index (κ3) is 3.37. The summed E-state index contributed by atoms with van der Waals surface area (Å²) in [5.41, 5.74) is 1.73. The van der Waals surface area contributed by atoms with Crippen LogP contribution in [0.2, 0.25) is 5.02 Å². The van der Waals surface area contributed by atoms with Crippen molar-refractivity contribution in [1.82, 2.24) is 4.98 Å². The minimum Gasteiger partial charge on any atom is -0.462 e. The van der Waals surface area contributed by atoms with Crippen LogP contribution in [-0.2, 0) is 4.74 Å². The average molecular weight is 406 g/mol. The molecular weight excluding hydrogens is 392 g/mol. The Morgan fingerprint density at radius 2 is 2.00 bits per heavy atom. The SMILES string of the molecule is CCOC(=O)c1c(Nc2ccccc2)nc2ccc(Br)cc2c1Cl. The molecule has 122 valence electrons. The lowest BCUT2D eigenvalue weighted by atomic mass is 10.1. The zero-order valence-electron chi connectivity index (χ0n) is 12.8. The van der Waals surface area contributed by atoms with Gasteiger partial charge in [-0.2, -0.15) is 0 Å². The molecule has 0 aliphatic rings. The molecule has 0 aliphatic heterocycles. The van der Waals surface area contributed by atoms with E-state index in [1.165, 1.54) is 0 Å². The van der Waals surface area contributed by atoms with Gasteiger partial charge in [0.05, 0.1) is 17.1 Å². The van der Waals surface area contributed by atoms with E-state index in [-0.39, 0.29) is 12.2 Å². The summed E-state index contributed by atoms with van der Waals surface area (Å²) >= 11 is 9.93. The number of ether oxygens (including phenoxy) is 1. The second-order valence-corrected chi connectivity index (χ2v) is 6.32. The standard InChI is InChI=1S/C18H14BrClN2O2/c1-2-24-18(23)15-16(20)13-10-11(19)8-9-14(13)22-17(15)21-12-6-4-3-5-7-12/h3-10H,2H2,1H3,(H,21,22). The van der Waals surface area contributed by atoms with Crippen molar-refractivity contribution in [3.8, 4) is 0 Å². The van der Waals surface area contributed by atoms with Gasteiger partial charge in [-0.3, -0.25) is 0 Å². The van der Waals surface area contributed by atoms with Gasteiger partial charge in [0, 0.05) is 15.5 Å². The van der Waals surface area contributed by atoms with Crippen LogP contribution in [-0.4, -0.2) is 17.6 Å². The third-order valence-corrected chi connectivity index (χ3v) is 4.29. The summed E-state index contributed by atoms with van der Waals surface area (Å²) in [6.45, 7) is 2.01. The highest BCUT2D eigenvalue weighted by molar-refractivity contribution is 9.10. The summed E-state index contributed by atoms with van der Waals surface area (Å²) in [7, 11) is 0. The summed E-state index contributed by atoms with van der Waals surface area (Å²) in [6.07, 6.45) is 0. The minimum absolute atomic E-state index is 0.230. The molecule has 2 aromatic carbocycles. The molecule has 4 nitrogen and oxygen atoms in total. The van der Waals surface area contributed by atoms with Crippen molar-refractivity contribution >= 4 is 55.9 Å². The third-order valence-electron chi connectivity index (χ3n) is 3.40. The van der Waals surface area contributed by atoms with Gasteiger partial charge in [0.25, 0.3) is 0 Å². The molecule has 6 heteroatoms. The van der Waals surface area contributed by atoms with Crippen LogP contribution in [0.4, 0.5) is 11.5 Å². The Morgan fingerprint density at radius 3 is 2.71 bits per heavy atom. The van der Waals surface area contributed by atoms with Gasteiger partial charge in [-0.15, -0.1) is 0 Å². The van der Waals surface area contributed by atoms with Gasteiger partial charge in [-0.05, 0) is 37.3 Å². The monoisotopic (exact) mass is 404 g/mol. The number of nitrogens with one attached hydrogen (secondary N) is 1. The largest absolute Gasteiger partial charge is 0.462 e. The van der Waals surface area contributed by atoms with Crippen molar-refractivity contribution in [1.29, 1.82) is 0 Å². The summed E-state index contributed by atoms with van der Waals surface area (Å²) in [5.74, 6) is -0.130. The number of anilines is 2. The quantitative estimate of drug-likeness (QED) is 0.576. The number of halogens is 2. The van der Waals surface area contributed by atoms with E-state index >= 15 is 0 Å². The fraction of sp³-hybridized carbons (Fsp3) is 0.111. The van der Waals surface area contributed by atoms with Crippen LogP contribution < -0.4 is 5.32 Å². The summed E-state index contributed by atoms with van der Waals surface area (Å²) < 4.78 is 6.01. The Morgan fingerprint density at radius 1 is 1.25 bits per heavy atom. The van der Waals surface area contributed by atoms with E-state index < -0.39 is 5.97 Å². The molecule has 0 radical (unpaired) electrons. The van der Waals surface area contributed by atoms with Crippen molar-refractivity contribution in [3.63, 3.8) is 0 Å². The molecule has 0 atom stereocenters. The summed E-state index contributed by atoms with van der Waals surface area (Å²) in [4.78, 5) is 17.0. The Bertz CT molecular complexity index is 900. The van der Waals surface area contributed by atoms with Gasteiger partial charge in [0.15, 0.2) is 0 Å². The smallest absolute Gasteiger partial charge is 0.343 e. The topological polar surface area (TPSA) is 51.2 Å². The van der Waals surface area contributed by atoms with Crippen LogP contribution in [0.15, 0.2) is 53.0 Å². The maximum Gasteiger partial charge on any atom is 0.343 e. The van der Waals surface area contributed by atoms with Crippen LogP contribution in [0.3, 0.4) is 0 Å². The highest BCUT2D eigenvalue weighted by Crippen LogP contribution is 2.34. The first-order valence-corrected chi connectivity index (χ1v) is 8.55. The van der Waals surface area contributed by atoms with Crippen LogP contribution >= 0.6 is 27.5 Å². The maximum absolute atomic E-state index is 12.4. The zero-order valence-corrected chi connectivity index (χ0v) is 15.2. The highest BCUT2D eigenvalue weighted by atomic mass is 79.9. The van der Waals surface area contributed by atoms with Crippen LogP contribution in [0.5, 0.6) is 0 Å². The van der Waals surface area contributed by atoms with Crippen molar-refractivity contribution in [3.05, 3.63) is 63.6 Å². The number of rotatable bonds is 4. The van der Waals surface area contributed by atoms with E-state index in [2.05, 4.69) is 26.2 Å². The second kappa shape index (κ2) is 7.20. The first kappa shape index (κ1) is 16.7. The van der Waals surface area contributed by atoms with Gasteiger partial charge in [-0.1, -0.05) is 45.7 Å². The molecule has 0 aliphatic carbocycles. The van der Waals surface area contributed by atoms with E-state index in [1.54, 1.807) is 6.92 Å². The number of carbonyl (C=O) groups excluding carboxylic acids is 1. The first-order valence-electron chi connectivity index (χ1n) is 7.38. The molecule has 0 fully saturated rings. The Balaban J connectivity index is 2.19. The number of hydrogen-bond acceptors (Lipinski definition) is 4. The van der Waals surface area contributed by atoms with Crippen molar-refractivity contribution in [2.75, 3.05) is 11.9 Å². The van der Waals surface area contributed by atoms with Crippen molar-refractivity contribution in [2.24, 2.45) is 0 Å². The van der Waals surface area contributed by atoms with E-state index in [4.69, 9.17) is 16.3 Å². The number of para-hydroxylation sites is 1. The van der Waals surface area contributed by atoms with Gasteiger partial charge < -0.3 is 10.1 Å². The molecule has 0 amide bonds. The number of esters is 1. The molecule has 1 aromatic heterocycles. The van der Waals surface area contributed by atoms with Crippen molar-refractivity contribution in [2.45, 2.75) is 6.92 Å². The highest BCUT2D eigenvalue weighted by Gasteiger charge is 2.21.